The number of carbonyl (C=O) groups is 2. The lowest BCUT2D eigenvalue weighted by Crippen LogP contribution is -2.44. The summed E-state index contributed by atoms with van der Waals surface area (Å²) in [6.45, 7) is 0.347. The van der Waals surface area contributed by atoms with Crippen molar-refractivity contribution in [3.05, 3.63) is 0 Å². The first-order chi connectivity index (χ1) is 7.95. The van der Waals surface area contributed by atoms with E-state index in [1.165, 1.54) is 4.90 Å². The van der Waals surface area contributed by atoms with Crippen molar-refractivity contribution in [3.8, 4) is 0 Å². The fourth-order valence-electron chi connectivity index (χ4n) is 2.85. The zero-order valence-electron chi connectivity index (χ0n) is 9.34. The molecule has 1 unspecified atom stereocenters. The van der Waals surface area contributed by atoms with Gasteiger partial charge in [-0.1, -0.05) is 12.8 Å². The number of alkyl halides is 2. The second-order valence-electron chi connectivity index (χ2n) is 5.30. The summed E-state index contributed by atoms with van der Waals surface area (Å²) in [5.74, 6) is -0.0619. The summed E-state index contributed by atoms with van der Waals surface area (Å²) in [6.07, 6.45) is 4.16. The summed E-state index contributed by atoms with van der Waals surface area (Å²) in [7, 11) is 0. The Balaban J connectivity index is 1.73. The Hall–Kier alpha value is -0.480. The van der Waals surface area contributed by atoms with E-state index in [-0.39, 0.29) is 17.9 Å². The van der Waals surface area contributed by atoms with Gasteiger partial charge < -0.3 is 5.32 Å². The minimum Gasteiger partial charge on any atom is -0.323 e. The molecule has 0 aromatic rings. The minimum absolute atomic E-state index is 0.0251. The molecule has 0 bridgehead atoms. The second kappa shape index (κ2) is 3.51. The smallest absolute Gasteiger partial charge is 0.323 e. The summed E-state index contributed by atoms with van der Waals surface area (Å²) >= 11 is 11.9. The van der Waals surface area contributed by atoms with Crippen molar-refractivity contribution in [1.82, 2.24) is 10.2 Å². The van der Waals surface area contributed by atoms with Crippen LogP contribution in [-0.2, 0) is 4.79 Å². The van der Waals surface area contributed by atoms with Gasteiger partial charge in [-0.3, -0.25) is 9.69 Å². The molecule has 0 aromatic carbocycles. The highest BCUT2D eigenvalue weighted by atomic mass is 35.5. The summed E-state index contributed by atoms with van der Waals surface area (Å²) in [5.41, 5.74) is -0.618. The maximum Gasteiger partial charge on any atom is 0.325 e. The number of imide groups is 1. The molecule has 1 N–H and O–H groups in total. The molecule has 3 aliphatic rings. The van der Waals surface area contributed by atoms with Gasteiger partial charge in [0.2, 0.25) is 0 Å². The van der Waals surface area contributed by atoms with Gasteiger partial charge in [0.05, 0.1) is 0 Å². The number of carbonyl (C=O) groups excluding carboxylic acids is 2. The number of amides is 3. The van der Waals surface area contributed by atoms with Crippen molar-refractivity contribution in [2.24, 2.45) is 5.92 Å². The van der Waals surface area contributed by atoms with Crippen molar-refractivity contribution in [2.75, 3.05) is 6.54 Å². The lowest BCUT2D eigenvalue weighted by Gasteiger charge is -2.20. The van der Waals surface area contributed by atoms with E-state index >= 15 is 0 Å². The molecule has 0 aromatic heterocycles. The van der Waals surface area contributed by atoms with Crippen LogP contribution in [0.4, 0.5) is 4.79 Å². The van der Waals surface area contributed by atoms with E-state index < -0.39 is 9.87 Å². The van der Waals surface area contributed by atoms with E-state index in [0.717, 1.165) is 25.7 Å². The fourth-order valence-corrected chi connectivity index (χ4v) is 3.36. The topological polar surface area (TPSA) is 49.4 Å². The molecule has 3 rings (SSSR count). The van der Waals surface area contributed by atoms with Crippen LogP contribution in [-0.4, -0.2) is 33.3 Å². The summed E-state index contributed by atoms with van der Waals surface area (Å²) in [6, 6.07) is -0.284. The molecule has 1 atom stereocenters. The minimum atomic E-state index is -0.744. The van der Waals surface area contributed by atoms with E-state index in [9.17, 15) is 9.59 Å². The molecule has 1 heterocycles. The van der Waals surface area contributed by atoms with Crippen molar-refractivity contribution < 1.29 is 9.59 Å². The monoisotopic (exact) mass is 276 g/mol. The summed E-state index contributed by atoms with van der Waals surface area (Å²) < 4.78 is -0.744. The molecule has 94 valence electrons. The number of nitrogens with one attached hydrogen (secondary N) is 1. The van der Waals surface area contributed by atoms with Crippen LogP contribution in [0, 0.1) is 5.92 Å². The molecule has 1 spiro atoms. The van der Waals surface area contributed by atoms with Crippen molar-refractivity contribution >= 4 is 35.1 Å². The van der Waals surface area contributed by atoms with E-state index in [1.807, 2.05) is 0 Å². The zero-order chi connectivity index (χ0) is 12.3. The molecular weight excluding hydrogens is 263 g/mol. The Morgan fingerprint density at radius 2 is 1.88 bits per heavy atom. The van der Waals surface area contributed by atoms with Gasteiger partial charge in [0.1, 0.15) is 9.87 Å². The predicted octanol–water partition coefficient (Wildman–Crippen LogP) is 2.04. The van der Waals surface area contributed by atoms with Gasteiger partial charge in [-0.25, -0.2) is 4.79 Å². The molecule has 0 radical (unpaired) electrons. The molecule has 1 aliphatic heterocycles. The maximum atomic E-state index is 12.3. The number of nitrogens with zero attached hydrogens (tertiary/aromatic N) is 1. The second-order valence-corrected chi connectivity index (χ2v) is 6.84. The van der Waals surface area contributed by atoms with E-state index in [4.69, 9.17) is 23.2 Å². The van der Waals surface area contributed by atoms with Gasteiger partial charge >= 0.3 is 6.03 Å². The van der Waals surface area contributed by atoms with Gasteiger partial charge in [0.25, 0.3) is 5.91 Å². The average molecular weight is 277 g/mol. The van der Waals surface area contributed by atoms with Crippen LogP contribution in [0.3, 0.4) is 0 Å². The van der Waals surface area contributed by atoms with Crippen LogP contribution < -0.4 is 5.32 Å². The first-order valence-corrected chi connectivity index (χ1v) is 6.72. The molecule has 3 amide bonds. The molecule has 1 saturated heterocycles. The van der Waals surface area contributed by atoms with Crippen LogP contribution in [0.2, 0.25) is 0 Å². The van der Waals surface area contributed by atoms with Crippen LogP contribution in [0.25, 0.3) is 0 Å². The molecule has 4 nitrogen and oxygen atoms in total. The highest BCUT2D eigenvalue weighted by Gasteiger charge is 2.57. The maximum absolute atomic E-state index is 12.3. The van der Waals surface area contributed by atoms with E-state index in [1.54, 1.807) is 0 Å². The molecular formula is C11H14Cl2N2O2. The average Bonchev–Trinajstić information content (AvgIpc) is 2.64. The highest BCUT2D eigenvalue weighted by molar-refractivity contribution is 6.50. The SMILES string of the molecule is O=C1NC2(CCCC2)C(=O)N1CC1CC1(Cl)Cl. The molecule has 2 aliphatic carbocycles. The Morgan fingerprint density at radius 3 is 2.41 bits per heavy atom. The van der Waals surface area contributed by atoms with Gasteiger partial charge in [-0.05, 0) is 19.3 Å². The fraction of sp³-hybridized carbons (Fsp3) is 0.818. The van der Waals surface area contributed by atoms with E-state index in [0.29, 0.717) is 13.0 Å². The highest BCUT2D eigenvalue weighted by Crippen LogP contribution is 2.53. The standard InChI is InChI=1S/C11H14Cl2N2O2/c12-11(13)5-7(11)6-15-8(16)10(14-9(15)17)3-1-2-4-10/h7H,1-6H2,(H,14,17). The van der Waals surface area contributed by atoms with Gasteiger partial charge in [0, 0.05) is 12.5 Å². The largest absolute Gasteiger partial charge is 0.325 e. The lowest BCUT2D eigenvalue weighted by atomic mass is 9.98. The third kappa shape index (κ3) is 1.73. The number of rotatable bonds is 2. The van der Waals surface area contributed by atoms with Crippen molar-refractivity contribution in [2.45, 2.75) is 42.0 Å². The zero-order valence-corrected chi connectivity index (χ0v) is 10.9. The van der Waals surface area contributed by atoms with E-state index in [2.05, 4.69) is 5.32 Å². The van der Waals surface area contributed by atoms with Crippen LogP contribution in [0.15, 0.2) is 0 Å². The molecule has 3 fully saturated rings. The first-order valence-electron chi connectivity index (χ1n) is 5.97. The molecule has 17 heavy (non-hydrogen) atoms. The number of urea groups is 1. The Bertz CT molecular complexity index is 391. The Kier molecular flexibility index (Phi) is 2.40. The van der Waals surface area contributed by atoms with Gasteiger partial charge in [-0.2, -0.15) is 0 Å². The Morgan fingerprint density at radius 1 is 1.29 bits per heavy atom. The number of hydrogen-bond acceptors (Lipinski definition) is 2. The normalized spacial score (nSPS) is 33.3. The van der Waals surface area contributed by atoms with Crippen LogP contribution in [0.5, 0.6) is 0 Å². The third-order valence-electron chi connectivity index (χ3n) is 4.06. The van der Waals surface area contributed by atoms with Crippen LogP contribution in [0.1, 0.15) is 32.1 Å². The first kappa shape index (κ1) is 11.6. The third-order valence-corrected chi connectivity index (χ3v) is 4.99. The Labute approximate surface area is 110 Å². The molecule has 2 saturated carbocycles. The quantitative estimate of drug-likeness (QED) is 0.620. The lowest BCUT2D eigenvalue weighted by molar-refractivity contribution is -0.131. The van der Waals surface area contributed by atoms with Crippen LogP contribution >= 0.6 is 23.2 Å². The van der Waals surface area contributed by atoms with Gasteiger partial charge in [0.15, 0.2) is 0 Å². The predicted molar refractivity (Wildman–Crippen MR) is 64.0 cm³/mol. The van der Waals surface area contributed by atoms with Crippen molar-refractivity contribution in [1.29, 1.82) is 0 Å². The summed E-state index contributed by atoms with van der Waals surface area (Å²) in [4.78, 5) is 25.4. The van der Waals surface area contributed by atoms with Gasteiger partial charge in [-0.15, -0.1) is 23.2 Å². The molecule has 6 heteroatoms. The van der Waals surface area contributed by atoms with Crippen molar-refractivity contribution in [3.63, 3.8) is 0 Å². The number of halogens is 2. The summed E-state index contributed by atoms with van der Waals surface area (Å²) in [5, 5.41) is 2.84. The number of hydrogen-bond donors (Lipinski definition) is 1.